The maximum atomic E-state index is 13.0. The van der Waals surface area contributed by atoms with Crippen molar-refractivity contribution >= 4 is 34.2 Å². The molecule has 0 saturated carbocycles. The molecule has 146 valence electrons. The third kappa shape index (κ3) is 4.02. The molecule has 3 aromatic rings. The number of amides is 2. The van der Waals surface area contributed by atoms with E-state index in [-0.39, 0.29) is 11.6 Å². The van der Waals surface area contributed by atoms with Gasteiger partial charge < -0.3 is 10.2 Å². The zero-order valence-electron chi connectivity index (χ0n) is 16.1. The van der Waals surface area contributed by atoms with Gasteiger partial charge >= 0.3 is 6.03 Å². The minimum absolute atomic E-state index is 0.0852. The summed E-state index contributed by atoms with van der Waals surface area (Å²) < 4.78 is 1.66. The first kappa shape index (κ1) is 19.9. The number of rotatable bonds is 5. The van der Waals surface area contributed by atoms with E-state index in [4.69, 9.17) is 16.6 Å². The molecule has 2 aromatic carbocycles. The minimum Gasteiger partial charge on any atom is -0.318 e. The number of hydrogen-bond acceptors (Lipinski definition) is 3. The molecule has 0 bridgehead atoms. The van der Waals surface area contributed by atoms with Crippen LogP contribution in [0, 0.1) is 0 Å². The molecule has 1 unspecified atom stereocenters. The van der Waals surface area contributed by atoms with E-state index in [1.54, 1.807) is 41.9 Å². The summed E-state index contributed by atoms with van der Waals surface area (Å²) in [7, 11) is 1.68. The Morgan fingerprint density at radius 1 is 1.25 bits per heavy atom. The molecule has 0 aliphatic rings. The predicted octanol–water partition coefficient (Wildman–Crippen LogP) is 4.68. The second kappa shape index (κ2) is 8.44. The standard InChI is InChI=1S/C21H23ClN4O2/c1-4-12-26-19(24-18-11-6-5-10-17(18)20(26)27)14(2)25(3)21(28)23-16-9-7-8-15(22)13-16/h5-11,13-14H,4,12H2,1-3H3,(H,23,28). The number of nitrogens with zero attached hydrogens (tertiary/aromatic N) is 3. The van der Waals surface area contributed by atoms with E-state index < -0.39 is 6.04 Å². The molecule has 1 aromatic heterocycles. The first-order valence-corrected chi connectivity index (χ1v) is 9.59. The van der Waals surface area contributed by atoms with Crippen LogP contribution in [0.5, 0.6) is 0 Å². The summed E-state index contributed by atoms with van der Waals surface area (Å²) in [5.74, 6) is 0.564. The lowest BCUT2D eigenvalue weighted by molar-refractivity contribution is 0.204. The third-order valence-electron chi connectivity index (χ3n) is 4.69. The highest BCUT2D eigenvalue weighted by atomic mass is 35.5. The van der Waals surface area contributed by atoms with E-state index in [1.165, 1.54) is 4.90 Å². The number of fused-ring (bicyclic) bond motifs is 1. The number of aromatic nitrogens is 2. The van der Waals surface area contributed by atoms with Crippen LogP contribution >= 0.6 is 11.6 Å². The summed E-state index contributed by atoms with van der Waals surface area (Å²) in [5, 5.41) is 3.95. The van der Waals surface area contributed by atoms with Crippen LogP contribution in [-0.2, 0) is 6.54 Å². The lowest BCUT2D eigenvalue weighted by Crippen LogP contribution is -2.37. The average molecular weight is 399 g/mol. The Balaban J connectivity index is 1.95. The van der Waals surface area contributed by atoms with Gasteiger partial charge in [0.15, 0.2) is 0 Å². The van der Waals surface area contributed by atoms with Crippen LogP contribution in [-0.4, -0.2) is 27.5 Å². The number of para-hydroxylation sites is 1. The SMILES string of the molecule is CCCn1c(C(C)N(C)C(=O)Nc2cccc(Cl)c2)nc2ccccc2c1=O. The fourth-order valence-corrected chi connectivity index (χ4v) is 3.26. The van der Waals surface area contributed by atoms with Gasteiger partial charge in [0.1, 0.15) is 5.82 Å². The van der Waals surface area contributed by atoms with Crippen molar-refractivity contribution in [2.75, 3.05) is 12.4 Å². The van der Waals surface area contributed by atoms with Gasteiger partial charge in [-0.05, 0) is 43.7 Å². The Hall–Kier alpha value is -2.86. The van der Waals surface area contributed by atoms with Crippen LogP contribution in [0.3, 0.4) is 0 Å². The summed E-state index contributed by atoms with van der Waals surface area (Å²) in [6.45, 7) is 4.41. The highest BCUT2D eigenvalue weighted by Crippen LogP contribution is 2.21. The molecule has 6 nitrogen and oxygen atoms in total. The smallest absolute Gasteiger partial charge is 0.318 e. The number of anilines is 1. The van der Waals surface area contributed by atoms with Gasteiger partial charge in [-0.1, -0.05) is 36.7 Å². The fourth-order valence-electron chi connectivity index (χ4n) is 3.07. The Morgan fingerprint density at radius 2 is 2.00 bits per heavy atom. The van der Waals surface area contributed by atoms with Crippen LogP contribution in [0.15, 0.2) is 53.3 Å². The van der Waals surface area contributed by atoms with Gasteiger partial charge in [-0.15, -0.1) is 0 Å². The lowest BCUT2D eigenvalue weighted by atomic mass is 10.2. The zero-order chi connectivity index (χ0) is 20.3. The molecule has 0 fully saturated rings. The number of carbonyl (C=O) groups is 1. The van der Waals surface area contributed by atoms with Crippen molar-refractivity contribution in [3.63, 3.8) is 0 Å². The molecule has 28 heavy (non-hydrogen) atoms. The number of halogens is 1. The topological polar surface area (TPSA) is 67.2 Å². The summed E-state index contributed by atoms with van der Waals surface area (Å²) in [5.41, 5.74) is 1.15. The lowest BCUT2D eigenvalue weighted by Gasteiger charge is -2.27. The molecule has 2 amide bonds. The van der Waals surface area contributed by atoms with Crippen LogP contribution in [0.25, 0.3) is 10.9 Å². The molecular weight excluding hydrogens is 376 g/mol. The van der Waals surface area contributed by atoms with Crippen molar-refractivity contribution in [3.05, 3.63) is 69.7 Å². The number of hydrogen-bond donors (Lipinski definition) is 1. The summed E-state index contributed by atoms with van der Waals surface area (Å²) in [6, 6.07) is 13.5. The van der Waals surface area contributed by atoms with E-state index in [2.05, 4.69) is 5.32 Å². The molecule has 1 heterocycles. The van der Waals surface area contributed by atoms with Crippen molar-refractivity contribution in [1.29, 1.82) is 0 Å². The molecule has 1 atom stereocenters. The molecule has 1 N–H and O–H groups in total. The highest BCUT2D eigenvalue weighted by Gasteiger charge is 2.23. The maximum Gasteiger partial charge on any atom is 0.322 e. The molecule has 0 aliphatic heterocycles. The fraction of sp³-hybridized carbons (Fsp3) is 0.286. The van der Waals surface area contributed by atoms with E-state index >= 15 is 0 Å². The first-order valence-electron chi connectivity index (χ1n) is 9.21. The molecule has 7 heteroatoms. The number of benzene rings is 2. The predicted molar refractivity (Wildman–Crippen MR) is 113 cm³/mol. The van der Waals surface area contributed by atoms with Gasteiger partial charge in [0, 0.05) is 24.3 Å². The maximum absolute atomic E-state index is 13.0. The van der Waals surface area contributed by atoms with Crippen LogP contribution in [0.1, 0.15) is 32.1 Å². The van der Waals surface area contributed by atoms with E-state index in [0.29, 0.717) is 34.0 Å². The van der Waals surface area contributed by atoms with Crippen LogP contribution in [0.2, 0.25) is 5.02 Å². The van der Waals surface area contributed by atoms with Gasteiger partial charge in [-0.2, -0.15) is 0 Å². The Bertz CT molecular complexity index is 1060. The van der Waals surface area contributed by atoms with Gasteiger partial charge in [0.2, 0.25) is 0 Å². The highest BCUT2D eigenvalue weighted by molar-refractivity contribution is 6.30. The molecular formula is C21H23ClN4O2. The molecule has 0 spiro atoms. The van der Waals surface area contributed by atoms with E-state index in [0.717, 1.165) is 6.42 Å². The largest absolute Gasteiger partial charge is 0.322 e. The Labute approximate surface area is 168 Å². The number of urea groups is 1. The second-order valence-electron chi connectivity index (χ2n) is 6.67. The van der Waals surface area contributed by atoms with Crippen molar-refractivity contribution in [1.82, 2.24) is 14.5 Å². The zero-order valence-corrected chi connectivity index (χ0v) is 16.9. The average Bonchev–Trinajstić information content (AvgIpc) is 2.69. The van der Waals surface area contributed by atoms with Gasteiger partial charge in [0.05, 0.1) is 16.9 Å². The van der Waals surface area contributed by atoms with Gasteiger partial charge in [-0.25, -0.2) is 9.78 Å². The Morgan fingerprint density at radius 3 is 2.71 bits per heavy atom. The molecule has 3 rings (SSSR count). The first-order chi connectivity index (χ1) is 13.4. The summed E-state index contributed by atoms with van der Waals surface area (Å²) >= 11 is 5.98. The monoisotopic (exact) mass is 398 g/mol. The van der Waals surface area contributed by atoms with Crippen LogP contribution < -0.4 is 10.9 Å². The summed E-state index contributed by atoms with van der Waals surface area (Å²) in [6.07, 6.45) is 0.790. The van der Waals surface area contributed by atoms with Gasteiger partial charge in [-0.3, -0.25) is 9.36 Å². The van der Waals surface area contributed by atoms with E-state index in [9.17, 15) is 9.59 Å². The molecule has 0 radical (unpaired) electrons. The van der Waals surface area contributed by atoms with Crippen LogP contribution in [0.4, 0.5) is 10.5 Å². The minimum atomic E-state index is -0.400. The normalized spacial score (nSPS) is 12.0. The summed E-state index contributed by atoms with van der Waals surface area (Å²) in [4.78, 5) is 31.9. The van der Waals surface area contributed by atoms with Gasteiger partial charge in [0.25, 0.3) is 5.56 Å². The number of carbonyl (C=O) groups excluding carboxylic acids is 1. The van der Waals surface area contributed by atoms with E-state index in [1.807, 2.05) is 32.0 Å². The van der Waals surface area contributed by atoms with Crippen molar-refractivity contribution in [3.8, 4) is 0 Å². The molecule has 0 saturated heterocycles. The van der Waals surface area contributed by atoms with Crippen molar-refractivity contribution in [2.24, 2.45) is 0 Å². The Kier molecular flexibility index (Phi) is 5.99. The van der Waals surface area contributed by atoms with Crippen molar-refractivity contribution in [2.45, 2.75) is 32.9 Å². The quantitative estimate of drug-likeness (QED) is 0.678. The van der Waals surface area contributed by atoms with Crippen molar-refractivity contribution < 1.29 is 4.79 Å². The number of nitrogens with one attached hydrogen (secondary N) is 1. The third-order valence-corrected chi connectivity index (χ3v) is 4.92. The molecule has 0 aliphatic carbocycles. The second-order valence-corrected chi connectivity index (χ2v) is 7.11.